The number of fused-ring (bicyclic) bond motifs is 1. The van der Waals surface area contributed by atoms with Crippen molar-refractivity contribution in [1.29, 1.82) is 0 Å². The Labute approximate surface area is 78.9 Å². The Balaban J connectivity index is 2.57. The fourth-order valence-corrected chi connectivity index (χ4v) is 1.87. The van der Waals surface area contributed by atoms with Crippen LogP contribution in [-0.2, 0) is 13.1 Å². The molecule has 0 saturated carbocycles. The predicted octanol–water partition coefficient (Wildman–Crippen LogP) is 2.71. The molecule has 0 aliphatic carbocycles. The van der Waals surface area contributed by atoms with E-state index in [0.29, 0.717) is 0 Å². The summed E-state index contributed by atoms with van der Waals surface area (Å²) in [7, 11) is 0. The molecule has 1 aromatic carbocycles. The monoisotopic (exact) mass is 231 g/mol. The van der Waals surface area contributed by atoms with Crippen molar-refractivity contribution < 1.29 is 0 Å². The molecule has 0 amide bonds. The van der Waals surface area contributed by atoms with Crippen molar-refractivity contribution in [3.05, 3.63) is 32.8 Å². The highest BCUT2D eigenvalue weighted by molar-refractivity contribution is 9.10. The largest absolute Gasteiger partial charge is 0.309 e. The lowest BCUT2D eigenvalue weighted by molar-refractivity contribution is 0.765. The molecule has 3 heteroatoms. The van der Waals surface area contributed by atoms with Gasteiger partial charge in [-0.25, -0.2) is 0 Å². The van der Waals surface area contributed by atoms with Gasteiger partial charge in [-0.3, -0.25) is 0 Å². The van der Waals surface area contributed by atoms with E-state index in [1.165, 1.54) is 11.1 Å². The smallest absolute Gasteiger partial charge is 0.0551 e. The van der Waals surface area contributed by atoms with Crippen LogP contribution in [0.3, 0.4) is 0 Å². The molecule has 1 N–H and O–H groups in total. The Hall–Kier alpha value is -0.0500. The van der Waals surface area contributed by atoms with Gasteiger partial charge in [0.2, 0.25) is 0 Å². The minimum Gasteiger partial charge on any atom is -0.309 e. The SMILES string of the molecule is Clc1cc2c(cc1Br)CNC2. The first-order valence-electron chi connectivity index (χ1n) is 3.45. The highest BCUT2D eigenvalue weighted by Gasteiger charge is 2.11. The summed E-state index contributed by atoms with van der Waals surface area (Å²) in [5.74, 6) is 0. The average molecular weight is 233 g/mol. The average Bonchev–Trinajstić information content (AvgIpc) is 2.36. The van der Waals surface area contributed by atoms with Gasteiger partial charge in [0.1, 0.15) is 0 Å². The quantitative estimate of drug-likeness (QED) is 0.725. The van der Waals surface area contributed by atoms with Gasteiger partial charge in [-0.15, -0.1) is 0 Å². The van der Waals surface area contributed by atoms with E-state index in [0.717, 1.165) is 22.6 Å². The second-order valence-corrected chi connectivity index (χ2v) is 3.90. The highest BCUT2D eigenvalue weighted by atomic mass is 79.9. The van der Waals surface area contributed by atoms with Gasteiger partial charge in [0.15, 0.2) is 0 Å². The minimum atomic E-state index is 0.799. The first kappa shape index (κ1) is 7.59. The zero-order chi connectivity index (χ0) is 7.84. The van der Waals surface area contributed by atoms with E-state index in [1.54, 1.807) is 0 Å². The summed E-state index contributed by atoms with van der Waals surface area (Å²) >= 11 is 9.31. The molecule has 0 spiro atoms. The first-order valence-corrected chi connectivity index (χ1v) is 4.62. The number of rotatable bonds is 0. The molecule has 0 radical (unpaired) electrons. The summed E-state index contributed by atoms with van der Waals surface area (Å²) in [6.45, 7) is 1.91. The first-order chi connectivity index (χ1) is 5.27. The molecule has 58 valence electrons. The minimum absolute atomic E-state index is 0.799. The fourth-order valence-electron chi connectivity index (χ4n) is 1.29. The van der Waals surface area contributed by atoms with Crippen LogP contribution in [0.2, 0.25) is 5.02 Å². The molecular formula is C8H7BrClN. The lowest BCUT2D eigenvalue weighted by Gasteiger charge is -2.00. The molecule has 0 atom stereocenters. The van der Waals surface area contributed by atoms with Gasteiger partial charge < -0.3 is 5.32 Å². The molecule has 0 fully saturated rings. The van der Waals surface area contributed by atoms with E-state index < -0.39 is 0 Å². The van der Waals surface area contributed by atoms with Crippen LogP contribution in [0.1, 0.15) is 11.1 Å². The van der Waals surface area contributed by atoms with Crippen molar-refractivity contribution >= 4 is 27.5 Å². The molecule has 0 saturated heterocycles. The van der Waals surface area contributed by atoms with Crippen molar-refractivity contribution in [3.63, 3.8) is 0 Å². The molecule has 0 bridgehead atoms. The zero-order valence-corrected chi connectivity index (χ0v) is 8.17. The van der Waals surface area contributed by atoms with Gasteiger partial charge in [-0.2, -0.15) is 0 Å². The number of nitrogens with one attached hydrogen (secondary N) is 1. The molecule has 1 heterocycles. The maximum absolute atomic E-state index is 5.92. The highest BCUT2D eigenvalue weighted by Crippen LogP contribution is 2.28. The fraction of sp³-hybridized carbons (Fsp3) is 0.250. The maximum atomic E-state index is 5.92. The van der Waals surface area contributed by atoms with Gasteiger partial charge in [0.05, 0.1) is 5.02 Å². The Kier molecular flexibility index (Phi) is 1.91. The van der Waals surface area contributed by atoms with Crippen molar-refractivity contribution in [3.8, 4) is 0 Å². The lowest BCUT2D eigenvalue weighted by atomic mass is 10.1. The van der Waals surface area contributed by atoms with E-state index in [-0.39, 0.29) is 0 Å². The number of hydrogen-bond donors (Lipinski definition) is 1. The third-order valence-corrected chi connectivity index (χ3v) is 3.07. The zero-order valence-electron chi connectivity index (χ0n) is 5.82. The second-order valence-electron chi connectivity index (χ2n) is 2.64. The third-order valence-electron chi connectivity index (χ3n) is 1.87. The van der Waals surface area contributed by atoms with Crippen LogP contribution in [0.5, 0.6) is 0 Å². The van der Waals surface area contributed by atoms with Crippen molar-refractivity contribution in [1.82, 2.24) is 5.32 Å². The van der Waals surface area contributed by atoms with Crippen LogP contribution in [0, 0.1) is 0 Å². The molecule has 1 aliphatic rings. The maximum Gasteiger partial charge on any atom is 0.0551 e. The van der Waals surface area contributed by atoms with Gasteiger partial charge in [0, 0.05) is 17.6 Å². The lowest BCUT2D eigenvalue weighted by Crippen LogP contribution is -1.99. The molecule has 2 rings (SSSR count). The van der Waals surface area contributed by atoms with Crippen molar-refractivity contribution in [2.75, 3.05) is 0 Å². The molecule has 0 unspecified atom stereocenters. The Morgan fingerprint density at radius 3 is 2.64 bits per heavy atom. The third kappa shape index (κ3) is 1.31. The van der Waals surface area contributed by atoms with Crippen LogP contribution in [0.25, 0.3) is 0 Å². The van der Waals surface area contributed by atoms with E-state index in [2.05, 4.69) is 27.3 Å². The van der Waals surface area contributed by atoms with E-state index in [4.69, 9.17) is 11.6 Å². The van der Waals surface area contributed by atoms with Crippen LogP contribution >= 0.6 is 27.5 Å². The van der Waals surface area contributed by atoms with E-state index in [1.807, 2.05) is 6.07 Å². The topological polar surface area (TPSA) is 12.0 Å². The molecule has 0 aromatic heterocycles. The summed E-state index contributed by atoms with van der Waals surface area (Å²) in [5, 5.41) is 4.06. The summed E-state index contributed by atoms with van der Waals surface area (Å²) in [4.78, 5) is 0. The summed E-state index contributed by atoms with van der Waals surface area (Å²) < 4.78 is 0.988. The number of hydrogen-bond acceptors (Lipinski definition) is 1. The van der Waals surface area contributed by atoms with Gasteiger partial charge in [0.25, 0.3) is 0 Å². The van der Waals surface area contributed by atoms with Crippen LogP contribution in [0.15, 0.2) is 16.6 Å². The Morgan fingerprint density at radius 1 is 1.27 bits per heavy atom. The molecule has 1 nitrogen and oxygen atoms in total. The number of benzene rings is 1. The van der Waals surface area contributed by atoms with Crippen LogP contribution in [-0.4, -0.2) is 0 Å². The van der Waals surface area contributed by atoms with Crippen LogP contribution in [0.4, 0.5) is 0 Å². The van der Waals surface area contributed by atoms with Gasteiger partial charge in [-0.1, -0.05) is 11.6 Å². The van der Waals surface area contributed by atoms with Gasteiger partial charge in [-0.05, 0) is 39.2 Å². The second kappa shape index (κ2) is 2.77. The van der Waals surface area contributed by atoms with Crippen molar-refractivity contribution in [2.45, 2.75) is 13.1 Å². The molecule has 1 aliphatic heterocycles. The summed E-state index contributed by atoms with van der Waals surface area (Å²) in [5.41, 5.74) is 2.67. The number of halogens is 2. The van der Waals surface area contributed by atoms with E-state index >= 15 is 0 Å². The Morgan fingerprint density at radius 2 is 1.91 bits per heavy atom. The van der Waals surface area contributed by atoms with E-state index in [9.17, 15) is 0 Å². The standard InChI is InChI=1S/C8H7BrClN/c9-7-1-5-3-11-4-6(5)2-8(7)10/h1-2,11H,3-4H2. The summed E-state index contributed by atoms with van der Waals surface area (Å²) in [6, 6.07) is 4.10. The predicted molar refractivity (Wildman–Crippen MR) is 49.7 cm³/mol. The van der Waals surface area contributed by atoms with Crippen LogP contribution < -0.4 is 5.32 Å². The molecule has 1 aromatic rings. The van der Waals surface area contributed by atoms with Crippen molar-refractivity contribution in [2.24, 2.45) is 0 Å². The summed E-state index contributed by atoms with van der Waals surface area (Å²) in [6.07, 6.45) is 0. The normalized spacial score (nSPS) is 15.1. The molecular weight excluding hydrogens is 225 g/mol. The molecule has 11 heavy (non-hydrogen) atoms. The van der Waals surface area contributed by atoms with Gasteiger partial charge >= 0.3 is 0 Å². The Bertz CT molecular complexity index is 269.